The van der Waals surface area contributed by atoms with Gasteiger partial charge >= 0.3 is 5.97 Å². The van der Waals surface area contributed by atoms with Crippen molar-refractivity contribution in [2.24, 2.45) is 0 Å². The predicted molar refractivity (Wildman–Crippen MR) is 53.9 cm³/mol. The molecule has 0 saturated heterocycles. The summed E-state index contributed by atoms with van der Waals surface area (Å²) in [5.41, 5.74) is 1.63. The van der Waals surface area contributed by atoms with Crippen LogP contribution in [0.3, 0.4) is 0 Å². The molecule has 0 fully saturated rings. The SMILES string of the molecule is COC(=O)C=Cc1cc(C)ccc1O. The van der Waals surface area contributed by atoms with Gasteiger partial charge in [0.25, 0.3) is 0 Å². The average molecular weight is 192 g/mol. The van der Waals surface area contributed by atoms with Crippen molar-refractivity contribution in [3.05, 3.63) is 35.4 Å². The first kappa shape index (κ1) is 10.3. The minimum atomic E-state index is -0.439. The molecule has 0 radical (unpaired) electrons. The van der Waals surface area contributed by atoms with Crippen LogP contribution < -0.4 is 0 Å². The second-order valence-electron chi connectivity index (χ2n) is 2.92. The van der Waals surface area contributed by atoms with Crippen molar-refractivity contribution in [3.8, 4) is 5.75 Å². The van der Waals surface area contributed by atoms with Crippen molar-refractivity contribution in [1.29, 1.82) is 0 Å². The van der Waals surface area contributed by atoms with Gasteiger partial charge in [0.1, 0.15) is 5.75 Å². The van der Waals surface area contributed by atoms with E-state index in [-0.39, 0.29) is 5.75 Å². The zero-order valence-electron chi connectivity index (χ0n) is 8.15. The molecule has 0 aliphatic carbocycles. The number of hydrogen-bond acceptors (Lipinski definition) is 3. The summed E-state index contributed by atoms with van der Waals surface area (Å²) >= 11 is 0. The lowest BCUT2D eigenvalue weighted by Gasteiger charge is -1.99. The average Bonchev–Trinajstić information content (AvgIpc) is 2.19. The minimum absolute atomic E-state index is 0.149. The van der Waals surface area contributed by atoms with Crippen LogP contribution in [0.15, 0.2) is 24.3 Å². The summed E-state index contributed by atoms with van der Waals surface area (Å²) in [4.78, 5) is 10.8. The van der Waals surface area contributed by atoms with Crippen LogP contribution in [0.1, 0.15) is 11.1 Å². The van der Waals surface area contributed by atoms with Gasteiger partial charge in [0.15, 0.2) is 0 Å². The van der Waals surface area contributed by atoms with E-state index < -0.39 is 5.97 Å². The van der Waals surface area contributed by atoms with Gasteiger partial charge in [-0.2, -0.15) is 0 Å². The predicted octanol–water partition coefficient (Wildman–Crippen LogP) is 1.89. The van der Waals surface area contributed by atoms with Crippen molar-refractivity contribution in [1.82, 2.24) is 0 Å². The fourth-order valence-electron chi connectivity index (χ4n) is 1.03. The van der Waals surface area contributed by atoms with Crippen LogP contribution in [0.25, 0.3) is 6.08 Å². The molecule has 1 aromatic rings. The lowest BCUT2D eigenvalue weighted by molar-refractivity contribution is -0.134. The highest BCUT2D eigenvalue weighted by atomic mass is 16.5. The molecule has 0 aromatic heterocycles. The fraction of sp³-hybridized carbons (Fsp3) is 0.182. The van der Waals surface area contributed by atoms with Crippen LogP contribution in [-0.4, -0.2) is 18.2 Å². The van der Waals surface area contributed by atoms with Crippen molar-refractivity contribution in [2.45, 2.75) is 6.92 Å². The molecular weight excluding hydrogens is 180 g/mol. The first-order valence-corrected chi connectivity index (χ1v) is 4.19. The van der Waals surface area contributed by atoms with Gasteiger partial charge in [-0.25, -0.2) is 4.79 Å². The Labute approximate surface area is 82.6 Å². The number of hydrogen-bond donors (Lipinski definition) is 1. The van der Waals surface area contributed by atoms with Crippen molar-refractivity contribution >= 4 is 12.0 Å². The van der Waals surface area contributed by atoms with Crippen LogP contribution in [0.5, 0.6) is 5.75 Å². The number of esters is 1. The van der Waals surface area contributed by atoms with Gasteiger partial charge in [-0.05, 0) is 25.1 Å². The Balaban J connectivity index is 2.90. The summed E-state index contributed by atoms with van der Waals surface area (Å²) < 4.78 is 4.43. The summed E-state index contributed by atoms with van der Waals surface area (Å²) in [6.45, 7) is 1.91. The van der Waals surface area contributed by atoms with Crippen LogP contribution >= 0.6 is 0 Å². The molecule has 1 rings (SSSR count). The number of phenols is 1. The zero-order valence-corrected chi connectivity index (χ0v) is 8.15. The highest BCUT2D eigenvalue weighted by Crippen LogP contribution is 2.19. The maximum absolute atomic E-state index is 10.8. The number of benzene rings is 1. The summed E-state index contributed by atoms with van der Waals surface area (Å²) in [6.07, 6.45) is 2.79. The van der Waals surface area contributed by atoms with Gasteiger partial charge in [-0.3, -0.25) is 0 Å². The number of aryl methyl sites for hydroxylation is 1. The van der Waals surface area contributed by atoms with Gasteiger partial charge in [0, 0.05) is 11.6 Å². The summed E-state index contributed by atoms with van der Waals surface area (Å²) in [5.74, 6) is -0.290. The van der Waals surface area contributed by atoms with Crippen LogP contribution in [0, 0.1) is 6.92 Å². The number of carbonyl (C=O) groups is 1. The third-order valence-corrected chi connectivity index (χ3v) is 1.78. The van der Waals surface area contributed by atoms with Crippen molar-refractivity contribution in [2.75, 3.05) is 7.11 Å². The number of carbonyl (C=O) groups excluding carboxylic acids is 1. The quantitative estimate of drug-likeness (QED) is 0.575. The van der Waals surface area contributed by atoms with E-state index in [0.717, 1.165) is 5.56 Å². The molecule has 0 saturated carbocycles. The van der Waals surface area contributed by atoms with E-state index in [1.807, 2.05) is 6.92 Å². The van der Waals surface area contributed by atoms with Crippen molar-refractivity contribution in [3.63, 3.8) is 0 Å². The molecule has 74 valence electrons. The molecule has 0 aliphatic rings. The third kappa shape index (κ3) is 2.62. The lowest BCUT2D eigenvalue weighted by Crippen LogP contribution is -1.93. The summed E-state index contributed by atoms with van der Waals surface area (Å²) in [6, 6.07) is 5.17. The number of rotatable bonds is 2. The van der Waals surface area contributed by atoms with Gasteiger partial charge in [-0.1, -0.05) is 11.6 Å². The molecule has 1 N–H and O–H groups in total. The van der Waals surface area contributed by atoms with Gasteiger partial charge in [-0.15, -0.1) is 0 Å². The first-order chi connectivity index (χ1) is 6.63. The van der Waals surface area contributed by atoms with Gasteiger partial charge in [0.05, 0.1) is 7.11 Å². The molecule has 3 nitrogen and oxygen atoms in total. The maximum Gasteiger partial charge on any atom is 0.330 e. The Kier molecular flexibility index (Phi) is 3.29. The van der Waals surface area contributed by atoms with Crippen LogP contribution in [0.4, 0.5) is 0 Å². The molecule has 0 unspecified atom stereocenters. The molecule has 3 heteroatoms. The first-order valence-electron chi connectivity index (χ1n) is 4.19. The molecule has 0 amide bonds. The highest BCUT2D eigenvalue weighted by Gasteiger charge is 1.98. The standard InChI is InChI=1S/C11H12O3/c1-8-3-5-10(12)9(7-8)4-6-11(13)14-2/h3-7,12H,1-2H3. The molecule has 1 aromatic carbocycles. The van der Waals surface area contributed by atoms with E-state index in [0.29, 0.717) is 5.56 Å². The molecule has 0 atom stereocenters. The maximum atomic E-state index is 10.8. The van der Waals surface area contributed by atoms with Gasteiger partial charge in [0.2, 0.25) is 0 Å². The van der Waals surface area contributed by atoms with E-state index in [1.165, 1.54) is 19.3 Å². The Bertz CT molecular complexity index is 367. The number of methoxy groups -OCH3 is 1. The lowest BCUT2D eigenvalue weighted by atomic mass is 10.1. The van der Waals surface area contributed by atoms with E-state index in [1.54, 1.807) is 18.2 Å². The molecule has 0 bridgehead atoms. The van der Waals surface area contributed by atoms with E-state index in [9.17, 15) is 9.90 Å². The van der Waals surface area contributed by atoms with Crippen molar-refractivity contribution < 1.29 is 14.6 Å². The van der Waals surface area contributed by atoms with Crippen LogP contribution in [-0.2, 0) is 9.53 Å². The monoisotopic (exact) mass is 192 g/mol. The molecular formula is C11H12O3. The molecule has 14 heavy (non-hydrogen) atoms. The van der Waals surface area contributed by atoms with E-state index in [4.69, 9.17) is 0 Å². The molecule has 0 heterocycles. The Morgan fingerprint density at radius 3 is 2.86 bits per heavy atom. The number of aromatic hydroxyl groups is 1. The zero-order chi connectivity index (χ0) is 10.6. The summed E-state index contributed by atoms with van der Waals surface area (Å²) in [7, 11) is 1.31. The fourth-order valence-corrected chi connectivity index (χ4v) is 1.03. The highest BCUT2D eigenvalue weighted by molar-refractivity contribution is 5.87. The van der Waals surface area contributed by atoms with E-state index in [2.05, 4.69) is 4.74 Å². The smallest absolute Gasteiger partial charge is 0.330 e. The topological polar surface area (TPSA) is 46.5 Å². The molecule has 0 spiro atoms. The second kappa shape index (κ2) is 4.46. The van der Waals surface area contributed by atoms with Crippen LogP contribution in [0.2, 0.25) is 0 Å². The second-order valence-corrected chi connectivity index (χ2v) is 2.92. The Morgan fingerprint density at radius 2 is 2.21 bits per heavy atom. The number of phenolic OH excluding ortho intramolecular Hbond substituents is 1. The number of ether oxygens (including phenoxy) is 1. The molecule has 0 aliphatic heterocycles. The third-order valence-electron chi connectivity index (χ3n) is 1.78. The Hall–Kier alpha value is -1.77. The van der Waals surface area contributed by atoms with Gasteiger partial charge < -0.3 is 9.84 Å². The summed E-state index contributed by atoms with van der Waals surface area (Å²) in [5, 5.41) is 9.42. The normalized spacial score (nSPS) is 10.4. The minimum Gasteiger partial charge on any atom is -0.507 e. The Morgan fingerprint density at radius 1 is 1.50 bits per heavy atom. The van der Waals surface area contributed by atoms with E-state index >= 15 is 0 Å². The largest absolute Gasteiger partial charge is 0.507 e.